The zero-order valence-electron chi connectivity index (χ0n) is 13.8. The highest BCUT2D eigenvalue weighted by Crippen LogP contribution is 2.36. The number of benzene rings is 1. The van der Waals surface area contributed by atoms with Gasteiger partial charge in [0.05, 0.1) is 0 Å². The van der Waals surface area contributed by atoms with Crippen molar-refractivity contribution in [3.05, 3.63) is 29.8 Å². The fraction of sp³-hybridized carbons (Fsp3) is 0.556. The standard InChI is InChI=1S/C18H25N3O2/c1-13(2)14-3-5-16(6-4-14)20-17(23)18(19-12-22)11-21-9-7-15(18)8-10-21/h3-6,12-13,15H,7-11H2,1-2H3,(H,19,22)(H,20,23). The van der Waals surface area contributed by atoms with E-state index in [1.807, 2.05) is 24.3 Å². The molecule has 0 radical (unpaired) electrons. The van der Waals surface area contributed by atoms with Crippen LogP contribution in [0.25, 0.3) is 0 Å². The lowest BCUT2D eigenvalue weighted by Crippen LogP contribution is -2.70. The summed E-state index contributed by atoms with van der Waals surface area (Å²) in [4.78, 5) is 26.3. The third-order valence-electron chi connectivity index (χ3n) is 5.31. The Morgan fingerprint density at radius 3 is 2.39 bits per heavy atom. The van der Waals surface area contributed by atoms with Crippen LogP contribution in [0.4, 0.5) is 5.69 Å². The third-order valence-corrected chi connectivity index (χ3v) is 5.31. The smallest absolute Gasteiger partial charge is 0.251 e. The van der Waals surface area contributed by atoms with Crippen molar-refractivity contribution in [2.75, 3.05) is 25.0 Å². The summed E-state index contributed by atoms with van der Waals surface area (Å²) in [5.41, 5.74) is 1.23. The van der Waals surface area contributed by atoms with Crippen molar-refractivity contribution >= 4 is 18.0 Å². The van der Waals surface area contributed by atoms with Crippen molar-refractivity contribution in [3.63, 3.8) is 0 Å². The SMILES string of the molecule is CC(C)c1ccc(NC(=O)C2(NC=O)CN3CCC2CC3)cc1. The number of nitrogens with zero attached hydrogens (tertiary/aromatic N) is 1. The van der Waals surface area contributed by atoms with Crippen LogP contribution in [-0.4, -0.2) is 42.4 Å². The van der Waals surface area contributed by atoms with Gasteiger partial charge in [0.15, 0.2) is 0 Å². The zero-order chi connectivity index (χ0) is 16.4. The van der Waals surface area contributed by atoms with Gasteiger partial charge in [-0.25, -0.2) is 0 Å². The van der Waals surface area contributed by atoms with Crippen molar-refractivity contribution in [2.45, 2.75) is 38.1 Å². The monoisotopic (exact) mass is 315 g/mol. The molecule has 5 nitrogen and oxygen atoms in total. The van der Waals surface area contributed by atoms with Crippen molar-refractivity contribution in [1.29, 1.82) is 0 Å². The molecule has 0 aromatic heterocycles. The lowest BCUT2D eigenvalue weighted by Gasteiger charge is -2.51. The van der Waals surface area contributed by atoms with E-state index >= 15 is 0 Å². The maximum absolute atomic E-state index is 12.9. The molecule has 23 heavy (non-hydrogen) atoms. The number of nitrogens with one attached hydrogen (secondary N) is 2. The van der Waals surface area contributed by atoms with Crippen LogP contribution in [0.5, 0.6) is 0 Å². The molecule has 124 valence electrons. The minimum atomic E-state index is -0.797. The first kappa shape index (κ1) is 16.0. The molecule has 3 saturated heterocycles. The van der Waals surface area contributed by atoms with E-state index < -0.39 is 5.54 Å². The average molecular weight is 315 g/mol. The van der Waals surface area contributed by atoms with Crippen LogP contribution in [0.1, 0.15) is 38.2 Å². The molecule has 3 aliphatic heterocycles. The fourth-order valence-electron chi connectivity index (χ4n) is 3.85. The predicted octanol–water partition coefficient (Wildman–Crippen LogP) is 1.96. The largest absolute Gasteiger partial charge is 0.343 e. The summed E-state index contributed by atoms with van der Waals surface area (Å²) in [5, 5.41) is 5.85. The first-order valence-electron chi connectivity index (χ1n) is 8.40. The summed E-state index contributed by atoms with van der Waals surface area (Å²) < 4.78 is 0. The molecule has 1 aromatic rings. The van der Waals surface area contributed by atoms with E-state index in [9.17, 15) is 9.59 Å². The molecule has 3 heterocycles. The molecule has 2 N–H and O–H groups in total. The number of carbonyl (C=O) groups excluding carboxylic acids is 2. The molecule has 1 unspecified atom stereocenters. The molecule has 3 aliphatic rings. The van der Waals surface area contributed by atoms with E-state index in [-0.39, 0.29) is 11.8 Å². The van der Waals surface area contributed by atoms with E-state index in [4.69, 9.17) is 0 Å². The molecular formula is C18H25N3O2. The van der Waals surface area contributed by atoms with Gasteiger partial charge in [0.1, 0.15) is 5.54 Å². The van der Waals surface area contributed by atoms with Crippen molar-refractivity contribution in [2.24, 2.45) is 5.92 Å². The summed E-state index contributed by atoms with van der Waals surface area (Å²) in [6.07, 6.45) is 2.59. The van der Waals surface area contributed by atoms with Crippen molar-refractivity contribution < 1.29 is 9.59 Å². The van der Waals surface area contributed by atoms with E-state index in [2.05, 4.69) is 29.4 Å². The highest BCUT2D eigenvalue weighted by molar-refractivity contribution is 6.00. The van der Waals surface area contributed by atoms with Gasteiger partial charge in [0, 0.05) is 12.2 Å². The molecule has 4 rings (SSSR count). The summed E-state index contributed by atoms with van der Waals surface area (Å²) in [6.45, 7) is 6.92. The lowest BCUT2D eigenvalue weighted by atomic mass is 9.72. The summed E-state index contributed by atoms with van der Waals surface area (Å²) >= 11 is 0. The Kier molecular flexibility index (Phi) is 4.39. The number of carbonyl (C=O) groups is 2. The van der Waals surface area contributed by atoms with Gasteiger partial charge in [0.2, 0.25) is 6.41 Å². The van der Waals surface area contributed by atoms with Gasteiger partial charge in [0.25, 0.3) is 5.91 Å². The van der Waals surface area contributed by atoms with Crippen LogP contribution in [0.2, 0.25) is 0 Å². The summed E-state index contributed by atoms with van der Waals surface area (Å²) in [5.74, 6) is 0.577. The molecule has 0 aliphatic carbocycles. The number of hydrogen-bond donors (Lipinski definition) is 2. The second-order valence-electron chi connectivity index (χ2n) is 7.01. The average Bonchev–Trinajstić information content (AvgIpc) is 2.56. The van der Waals surface area contributed by atoms with Gasteiger partial charge in [-0.3, -0.25) is 9.59 Å². The minimum Gasteiger partial charge on any atom is -0.343 e. The molecule has 0 spiro atoms. The highest BCUT2D eigenvalue weighted by atomic mass is 16.2. The van der Waals surface area contributed by atoms with Crippen LogP contribution >= 0.6 is 0 Å². The Morgan fingerprint density at radius 2 is 1.91 bits per heavy atom. The van der Waals surface area contributed by atoms with Crippen LogP contribution in [0, 0.1) is 5.92 Å². The molecule has 0 saturated carbocycles. The first-order chi connectivity index (χ1) is 11.0. The topological polar surface area (TPSA) is 61.4 Å². The molecular weight excluding hydrogens is 290 g/mol. The predicted molar refractivity (Wildman–Crippen MR) is 90.3 cm³/mol. The number of amides is 2. The van der Waals surface area contributed by atoms with Gasteiger partial charge in [-0.05, 0) is 55.5 Å². The normalized spacial score (nSPS) is 29.3. The zero-order valence-corrected chi connectivity index (χ0v) is 13.8. The van der Waals surface area contributed by atoms with E-state index in [1.165, 1.54) is 5.56 Å². The molecule has 3 fully saturated rings. The molecule has 2 bridgehead atoms. The summed E-state index contributed by atoms with van der Waals surface area (Å²) in [6, 6.07) is 7.94. The second kappa shape index (κ2) is 6.32. The molecule has 2 amide bonds. The van der Waals surface area contributed by atoms with Crippen LogP contribution in [0.3, 0.4) is 0 Å². The van der Waals surface area contributed by atoms with Gasteiger partial charge < -0.3 is 15.5 Å². The van der Waals surface area contributed by atoms with Gasteiger partial charge in [-0.15, -0.1) is 0 Å². The second-order valence-corrected chi connectivity index (χ2v) is 7.01. The Hall–Kier alpha value is -1.88. The Labute approximate surface area is 137 Å². The number of fused-ring (bicyclic) bond motifs is 3. The Morgan fingerprint density at radius 1 is 1.26 bits per heavy atom. The number of anilines is 1. The first-order valence-corrected chi connectivity index (χ1v) is 8.40. The highest BCUT2D eigenvalue weighted by Gasteiger charge is 2.51. The van der Waals surface area contributed by atoms with E-state index in [0.29, 0.717) is 18.9 Å². The maximum atomic E-state index is 12.9. The summed E-state index contributed by atoms with van der Waals surface area (Å²) in [7, 11) is 0. The minimum absolute atomic E-state index is 0.101. The fourth-order valence-corrected chi connectivity index (χ4v) is 3.85. The van der Waals surface area contributed by atoms with Gasteiger partial charge in [-0.1, -0.05) is 26.0 Å². The molecule has 5 heteroatoms. The van der Waals surface area contributed by atoms with Gasteiger partial charge in [-0.2, -0.15) is 0 Å². The number of hydrogen-bond acceptors (Lipinski definition) is 3. The van der Waals surface area contributed by atoms with Crippen LogP contribution in [-0.2, 0) is 9.59 Å². The van der Waals surface area contributed by atoms with Crippen LogP contribution in [0.15, 0.2) is 24.3 Å². The number of piperidine rings is 3. The molecule has 1 aromatic carbocycles. The third kappa shape index (κ3) is 2.98. The maximum Gasteiger partial charge on any atom is 0.251 e. The lowest BCUT2D eigenvalue weighted by molar-refractivity contribution is -0.134. The van der Waals surface area contributed by atoms with E-state index in [0.717, 1.165) is 31.6 Å². The Bertz CT molecular complexity index is 576. The Balaban J connectivity index is 1.78. The van der Waals surface area contributed by atoms with Crippen molar-refractivity contribution in [3.8, 4) is 0 Å². The van der Waals surface area contributed by atoms with Crippen molar-refractivity contribution in [1.82, 2.24) is 10.2 Å². The van der Waals surface area contributed by atoms with Gasteiger partial charge >= 0.3 is 0 Å². The van der Waals surface area contributed by atoms with E-state index in [1.54, 1.807) is 0 Å². The quantitative estimate of drug-likeness (QED) is 0.817. The van der Waals surface area contributed by atoms with Crippen LogP contribution < -0.4 is 10.6 Å². The number of rotatable bonds is 5. The molecule has 1 atom stereocenters.